The van der Waals surface area contributed by atoms with E-state index < -0.39 is 0 Å². The number of para-hydroxylation sites is 3. The van der Waals surface area contributed by atoms with Gasteiger partial charge >= 0.3 is 5.97 Å². The van der Waals surface area contributed by atoms with Gasteiger partial charge in [0.2, 0.25) is 0 Å². The highest BCUT2D eigenvalue weighted by atomic mass is 16.5. The van der Waals surface area contributed by atoms with Crippen molar-refractivity contribution >= 4 is 28.7 Å². The maximum atomic E-state index is 11.9. The van der Waals surface area contributed by atoms with Crippen molar-refractivity contribution in [2.75, 3.05) is 11.9 Å². The number of esters is 1. The number of aliphatic imine (C=N–C) groups is 1. The molecule has 3 aromatic rings. The van der Waals surface area contributed by atoms with E-state index in [2.05, 4.69) is 5.32 Å². The molecule has 0 radical (unpaired) electrons. The largest absolute Gasteiger partial charge is 0.462 e. The molecule has 1 heterocycles. The lowest BCUT2D eigenvalue weighted by molar-refractivity contribution is 0.0526. The van der Waals surface area contributed by atoms with Crippen LogP contribution in [0.5, 0.6) is 0 Å². The fourth-order valence-corrected chi connectivity index (χ4v) is 3.00. The molecule has 0 atom stereocenters. The van der Waals surface area contributed by atoms with Crippen molar-refractivity contribution in [3.05, 3.63) is 89.5 Å². The van der Waals surface area contributed by atoms with Gasteiger partial charge in [0, 0.05) is 16.8 Å². The molecule has 0 bridgehead atoms. The zero-order valence-corrected chi connectivity index (χ0v) is 14.4. The summed E-state index contributed by atoms with van der Waals surface area (Å²) in [6, 6.07) is 23.4. The van der Waals surface area contributed by atoms with Gasteiger partial charge in [-0.2, -0.15) is 0 Å². The van der Waals surface area contributed by atoms with E-state index in [0.29, 0.717) is 12.2 Å². The highest BCUT2D eigenvalue weighted by Crippen LogP contribution is 2.35. The molecule has 0 saturated carbocycles. The highest BCUT2D eigenvalue weighted by Gasteiger charge is 2.17. The summed E-state index contributed by atoms with van der Waals surface area (Å²) in [7, 11) is 0. The normalized spacial score (nSPS) is 12.1. The zero-order chi connectivity index (χ0) is 17.9. The van der Waals surface area contributed by atoms with E-state index in [4.69, 9.17) is 9.73 Å². The summed E-state index contributed by atoms with van der Waals surface area (Å²) < 4.78 is 5.06. The minimum Gasteiger partial charge on any atom is -0.462 e. The van der Waals surface area contributed by atoms with E-state index in [1.807, 2.05) is 60.7 Å². The summed E-state index contributed by atoms with van der Waals surface area (Å²) in [5.74, 6) is -0.311. The molecule has 128 valence electrons. The van der Waals surface area contributed by atoms with E-state index in [0.717, 1.165) is 33.9 Å². The number of carbonyl (C=O) groups is 1. The Morgan fingerprint density at radius 1 is 0.923 bits per heavy atom. The van der Waals surface area contributed by atoms with Gasteiger partial charge in [-0.15, -0.1) is 0 Å². The van der Waals surface area contributed by atoms with Gasteiger partial charge in [0.05, 0.1) is 29.3 Å². The topological polar surface area (TPSA) is 50.7 Å². The minimum atomic E-state index is -0.311. The smallest absolute Gasteiger partial charge is 0.338 e. The Morgan fingerprint density at radius 3 is 2.38 bits per heavy atom. The fraction of sp³-hybridized carbons (Fsp3) is 0.0909. The first kappa shape index (κ1) is 16.1. The van der Waals surface area contributed by atoms with Crippen LogP contribution in [0, 0.1) is 0 Å². The molecule has 4 rings (SSSR count). The second-order valence-corrected chi connectivity index (χ2v) is 5.95. The summed E-state index contributed by atoms with van der Waals surface area (Å²) in [5.41, 5.74) is 6.23. The van der Waals surface area contributed by atoms with Gasteiger partial charge in [-0.1, -0.05) is 42.5 Å². The molecule has 4 heteroatoms. The van der Waals surface area contributed by atoms with Crippen molar-refractivity contribution in [3.63, 3.8) is 0 Å². The van der Waals surface area contributed by atoms with Gasteiger partial charge < -0.3 is 10.1 Å². The zero-order valence-electron chi connectivity index (χ0n) is 14.4. The van der Waals surface area contributed by atoms with Crippen LogP contribution in [0.2, 0.25) is 0 Å². The molecular weight excluding hydrogens is 324 g/mol. The van der Waals surface area contributed by atoms with Crippen LogP contribution < -0.4 is 5.32 Å². The lowest BCUT2D eigenvalue weighted by Gasteiger charge is -2.11. The van der Waals surface area contributed by atoms with E-state index in [1.54, 1.807) is 19.1 Å². The molecule has 0 spiro atoms. The van der Waals surface area contributed by atoms with Crippen LogP contribution in [-0.2, 0) is 4.74 Å². The fourth-order valence-electron chi connectivity index (χ4n) is 3.00. The van der Waals surface area contributed by atoms with E-state index >= 15 is 0 Å². The van der Waals surface area contributed by atoms with Crippen LogP contribution in [0.1, 0.15) is 28.4 Å². The molecule has 0 fully saturated rings. The van der Waals surface area contributed by atoms with Crippen LogP contribution in [0.3, 0.4) is 0 Å². The molecule has 0 amide bonds. The predicted octanol–water partition coefficient (Wildman–Crippen LogP) is 5.09. The number of ether oxygens (including phenoxy) is 1. The Hall–Kier alpha value is -3.40. The standard InChI is InChI=1S/C22H18N2O2/c1-2-26-22(25)16-13-11-15(12-14-16)21-17-7-3-4-8-18(17)23-19-9-5-6-10-20(19)24-21/h3-14,23H,2H2,1H3. The van der Waals surface area contributed by atoms with Crippen LogP contribution in [0.25, 0.3) is 0 Å². The number of nitrogens with zero attached hydrogens (tertiary/aromatic N) is 1. The van der Waals surface area contributed by atoms with Crippen molar-refractivity contribution in [1.29, 1.82) is 0 Å². The maximum absolute atomic E-state index is 11.9. The van der Waals surface area contributed by atoms with Crippen molar-refractivity contribution in [3.8, 4) is 0 Å². The molecule has 1 N–H and O–H groups in total. The molecule has 3 aromatic carbocycles. The molecule has 4 nitrogen and oxygen atoms in total. The van der Waals surface area contributed by atoms with Crippen molar-refractivity contribution in [2.45, 2.75) is 6.92 Å². The van der Waals surface area contributed by atoms with Crippen molar-refractivity contribution < 1.29 is 9.53 Å². The van der Waals surface area contributed by atoms with Gasteiger partial charge in [-0.3, -0.25) is 0 Å². The number of benzene rings is 3. The van der Waals surface area contributed by atoms with Crippen LogP contribution in [0.15, 0.2) is 77.8 Å². The van der Waals surface area contributed by atoms with E-state index in [-0.39, 0.29) is 5.97 Å². The first-order chi connectivity index (χ1) is 12.8. The molecule has 0 unspecified atom stereocenters. The van der Waals surface area contributed by atoms with Crippen molar-refractivity contribution in [2.24, 2.45) is 4.99 Å². The summed E-state index contributed by atoms with van der Waals surface area (Å²) in [6.45, 7) is 2.16. The molecular formula is C22H18N2O2. The highest BCUT2D eigenvalue weighted by molar-refractivity contribution is 6.18. The monoisotopic (exact) mass is 342 g/mol. The van der Waals surface area contributed by atoms with Crippen LogP contribution in [0.4, 0.5) is 17.1 Å². The average molecular weight is 342 g/mol. The molecule has 1 aliphatic rings. The molecule has 0 saturated heterocycles. The number of fused-ring (bicyclic) bond motifs is 2. The third kappa shape index (κ3) is 2.97. The average Bonchev–Trinajstić information content (AvgIpc) is 2.85. The van der Waals surface area contributed by atoms with Crippen LogP contribution >= 0.6 is 0 Å². The van der Waals surface area contributed by atoms with E-state index in [1.165, 1.54) is 0 Å². The number of rotatable bonds is 3. The molecule has 1 aliphatic heterocycles. The quantitative estimate of drug-likeness (QED) is 0.528. The van der Waals surface area contributed by atoms with Gasteiger partial charge in [0.15, 0.2) is 0 Å². The second kappa shape index (κ2) is 6.84. The summed E-state index contributed by atoms with van der Waals surface area (Å²) in [4.78, 5) is 16.8. The Morgan fingerprint density at radius 2 is 1.62 bits per heavy atom. The van der Waals surface area contributed by atoms with Gasteiger partial charge in [0.1, 0.15) is 0 Å². The lowest BCUT2D eigenvalue weighted by Crippen LogP contribution is -2.07. The first-order valence-corrected chi connectivity index (χ1v) is 8.58. The van der Waals surface area contributed by atoms with Gasteiger partial charge in [-0.05, 0) is 37.3 Å². The Bertz CT molecular complexity index is 991. The third-order valence-electron chi connectivity index (χ3n) is 4.26. The SMILES string of the molecule is CCOC(=O)c1ccc(C2=Nc3ccccc3Nc3ccccc32)cc1. The number of anilines is 2. The van der Waals surface area contributed by atoms with Gasteiger partial charge in [-0.25, -0.2) is 9.79 Å². The number of carbonyl (C=O) groups excluding carboxylic acids is 1. The summed E-state index contributed by atoms with van der Waals surface area (Å²) in [5, 5.41) is 3.46. The molecule has 0 aromatic heterocycles. The van der Waals surface area contributed by atoms with E-state index in [9.17, 15) is 4.79 Å². The minimum absolute atomic E-state index is 0.311. The third-order valence-corrected chi connectivity index (χ3v) is 4.26. The lowest BCUT2D eigenvalue weighted by atomic mass is 9.99. The predicted molar refractivity (Wildman–Crippen MR) is 104 cm³/mol. The second-order valence-electron chi connectivity index (χ2n) is 5.95. The molecule has 0 aliphatic carbocycles. The van der Waals surface area contributed by atoms with Crippen molar-refractivity contribution in [1.82, 2.24) is 0 Å². The first-order valence-electron chi connectivity index (χ1n) is 8.58. The Labute approximate surface area is 152 Å². The Kier molecular flexibility index (Phi) is 4.23. The number of nitrogens with one attached hydrogen (secondary N) is 1. The Balaban J connectivity index is 1.81. The maximum Gasteiger partial charge on any atom is 0.338 e. The molecule has 26 heavy (non-hydrogen) atoms. The number of hydrogen-bond donors (Lipinski definition) is 1. The van der Waals surface area contributed by atoms with Crippen LogP contribution in [-0.4, -0.2) is 18.3 Å². The summed E-state index contributed by atoms with van der Waals surface area (Å²) in [6.07, 6.45) is 0. The van der Waals surface area contributed by atoms with Gasteiger partial charge in [0.25, 0.3) is 0 Å². The number of hydrogen-bond acceptors (Lipinski definition) is 4. The summed E-state index contributed by atoms with van der Waals surface area (Å²) >= 11 is 0.